The Hall–Kier alpha value is -7.01. The van der Waals surface area contributed by atoms with Gasteiger partial charge in [-0.25, -0.2) is 0 Å². The van der Waals surface area contributed by atoms with Crippen LogP contribution in [0.25, 0.3) is 21.7 Å². The molecular weight excluding hydrogens is 717 g/mol. The first-order valence-corrected chi connectivity index (χ1v) is 19.1. The lowest BCUT2D eigenvalue weighted by Crippen LogP contribution is -2.47. The Bertz CT molecular complexity index is 2740. The summed E-state index contributed by atoms with van der Waals surface area (Å²) in [5.41, 5.74) is 8.98. The molecule has 5 aromatic carbocycles. The Labute approximate surface area is 328 Å². The number of carbonyl (C=O) groups is 4. The highest BCUT2D eigenvalue weighted by Gasteiger charge is 2.36. The molecule has 5 heterocycles. The normalized spacial score (nSPS) is 16.7. The second-order valence-electron chi connectivity index (χ2n) is 15.3. The van der Waals surface area contributed by atoms with Crippen LogP contribution in [0.1, 0.15) is 60.4 Å². The number of aryl methyl sites for hydroxylation is 1. The van der Waals surface area contributed by atoms with Crippen molar-refractivity contribution in [3.8, 4) is 5.75 Å². The maximum absolute atomic E-state index is 13.9. The molecule has 1 N–H and O–H groups in total. The number of H-pyrrole nitrogens is 1. The molecule has 4 aliphatic rings. The molecule has 4 aliphatic heterocycles. The van der Waals surface area contributed by atoms with E-state index in [1.807, 2.05) is 84.6 Å². The van der Waals surface area contributed by atoms with Crippen LogP contribution < -0.4 is 14.5 Å². The Balaban J connectivity index is 0.795. The number of anilines is 2. The number of fused-ring (bicyclic) bond motifs is 4. The summed E-state index contributed by atoms with van der Waals surface area (Å²) in [4.78, 5) is 59.7. The van der Waals surface area contributed by atoms with Crippen LogP contribution in [-0.4, -0.2) is 69.8 Å². The molecule has 1 aromatic heterocycles. The molecule has 0 bridgehead atoms. The van der Waals surface area contributed by atoms with Crippen LogP contribution in [0.3, 0.4) is 0 Å². The van der Waals surface area contributed by atoms with Crippen molar-refractivity contribution in [1.82, 2.24) is 20.0 Å². The van der Waals surface area contributed by atoms with E-state index in [4.69, 9.17) is 4.74 Å². The summed E-state index contributed by atoms with van der Waals surface area (Å²) in [6, 6.07) is 27.7. The van der Waals surface area contributed by atoms with Gasteiger partial charge in [0.1, 0.15) is 5.75 Å². The number of hydrogen-bond acceptors (Lipinski definition) is 6. The van der Waals surface area contributed by atoms with Gasteiger partial charge in [0.15, 0.2) is 0 Å². The van der Waals surface area contributed by atoms with Crippen molar-refractivity contribution in [1.29, 1.82) is 0 Å². The van der Waals surface area contributed by atoms with Crippen LogP contribution in [0, 0.1) is 6.92 Å². The molecule has 4 amide bonds. The Morgan fingerprint density at radius 1 is 0.772 bits per heavy atom. The lowest BCUT2D eigenvalue weighted by Gasteiger charge is -2.39. The molecule has 2 fully saturated rings. The van der Waals surface area contributed by atoms with Crippen molar-refractivity contribution < 1.29 is 23.9 Å². The van der Waals surface area contributed by atoms with Gasteiger partial charge >= 0.3 is 0 Å². The first kappa shape index (κ1) is 34.5. The van der Waals surface area contributed by atoms with E-state index in [2.05, 4.69) is 28.9 Å². The molecule has 0 aliphatic carbocycles. The maximum atomic E-state index is 13.9. The minimum Gasteiger partial charge on any atom is -0.465 e. The topological polar surface area (TPSA) is 119 Å². The van der Waals surface area contributed by atoms with Crippen molar-refractivity contribution in [3.63, 3.8) is 0 Å². The summed E-state index contributed by atoms with van der Waals surface area (Å²) in [5.74, 6) is 0.542. The van der Waals surface area contributed by atoms with Crippen LogP contribution in [0.15, 0.2) is 116 Å². The third kappa shape index (κ3) is 5.76. The zero-order valence-corrected chi connectivity index (χ0v) is 31.3. The van der Waals surface area contributed by atoms with E-state index in [-0.39, 0.29) is 35.5 Å². The fourth-order valence-corrected chi connectivity index (χ4v) is 8.71. The fourth-order valence-electron chi connectivity index (χ4n) is 8.71. The summed E-state index contributed by atoms with van der Waals surface area (Å²) in [7, 11) is 0. The monoisotopic (exact) mass is 754 g/mol. The number of rotatable bonds is 8. The molecular formula is C46H38N6O5. The molecule has 2 saturated heterocycles. The molecule has 10 rings (SSSR count). The number of likely N-dealkylation sites (tertiary alicyclic amines) is 2. The molecule has 282 valence electrons. The number of aromatic amines is 1. The van der Waals surface area contributed by atoms with Gasteiger partial charge < -0.3 is 24.3 Å². The van der Waals surface area contributed by atoms with Crippen molar-refractivity contribution in [3.05, 3.63) is 155 Å². The van der Waals surface area contributed by atoms with Gasteiger partial charge in [-0.15, -0.1) is 0 Å². The third-order valence-corrected chi connectivity index (χ3v) is 12.0. The summed E-state index contributed by atoms with van der Waals surface area (Å²) in [6.07, 6.45) is 5.95. The van der Waals surface area contributed by atoms with Crippen LogP contribution in [-0.2, 0) is 22.7 Å². The average Bonchev–Trinajstić information content (AvgIpc) is 3.88. The Kier molecular flexibility index (Phi) is 8.06. The SMILES string of the molecule is C=CC(=O)N1CC(c2ccc3c(c2)C(=O)N(c2cc(O/C=C/C(=O)N4CC(c5ccc6c(c5)CN(c5c(C)ccc7[nH]ncc57)C6=O)C4)cc4ccccc24)C3)C1. The van der Waals surface area contributed by atoms with Gasteiger partial charge in [-0.3, -0.25) is 24.3 Å². The molecule has 0 spiro atoms. The zero-order chi connectivity index (χ0) is 38.9. The molecule has 57 heavy (non-hydrogen) atoms. The van der Waals surface area contributed by atoms with Crippen molar-refractivity contribution >= 4 is 56.7 Å². The number of ether oxygens (including phenoxy) is 1. The number of nitrogens with one attached hydrogen (secondary N) is 1. The standard InChI is InChI=1S/C46H38N6O5/c1-3-42(53)49-21-34(22-49)29-9-10-31-25-51(46(56)38(31)18-29)41-19-35(17-30-6-4-5-7-36(30)41)57-15-14-43(54)50-23-33(24-50)28-11-12-37-32(16-28)26-52(45(37)55)44-27(2)8-13-40-39(44)20-47-48-40/h3-20,33-34H,1,21-26H2,2H3,(H,47,48)/b15-14+. The predicted octanol–water partition coefficient (Wildman–Crippen LogP) is 6.98. The first-order chi connectivity index (χ1) is 27.7. The van der Waals surface area contributed by atoms with Crippen molar-refractivity contribution in [2.45, 2.75) is 31.8 Å². The second-order valence-corrected chi connectivity index (χ2v) is 15.3. The smallest absolute Gasteiger partial charge is 0.258 e. The van der Waals surface area contributed by atoms with Gasteiger partial charge in [-0.05, 0) is 70.5 Å². The van der Waals surface area contributed by atoms with Crippen molar-refractivity contribution in [2.24, 2.45) is 0 Å². The largest absolute Gasteiger partial charge is 0.465 e. The molecule has 0 radical (unpaired) electrons. The molecule has 0 saturated carbocycles. The summed E-state index contributed by atoms with van der Waals surface area (Å²) < 4.78 is 6.03. The third-order valence-electron chi connectivity index (χ3n) is 12.0. The zero-order valence-electron chi connectivity index (χ0n) is 31.3. The number of benzene rings is 5. The van der Waals surface area contributed by atoms with Crippen LogP contribution >= 0.6 is 0 Å². The van der Waals surface area contributed by atoms with Gasteiger partial charge in [0, 0.05) is 72.1 Å². The fraction of sp³-hybridized carbons (Fsp3) is 0.196. The lowest BCUT2D eigenvalue weighted by atomic mass is 9.89. The van der Waals surface area contributed by atoms with E-state index in [0.717, 1.165) is 60.9 Å². The van der Waals surface area contributed by atoms with E-state index < -0.39 is 0 Å². The summed E-state index contributed by atoms with van der Waals surface area (Å²) >= 11 is 0. The Morgan fingerprint density at radius 3 is 2.30 bits per heavy atom. The molecule has 11 heteroatoms. The predicted molar refractivity (Wildman–Crippen MR) is 217 cm³/mol. The summed E-state index contributed by atoms with van der Waals surface area (Å²) in [5, 5.41) is 9.94. The van der Waals surface area contributed by atoms with Gasteiger partial charge in [0.05, 0.1) is 42.4 Å². The van der Waals surface area contributed by atoms with E-state index in [9.17, 15) is 19.2 Å². The van der Waals surface area contributed by atoms with Crippen LogP contribution in [0.2, 0.25) is 0 Å². The molecule has 6 aromatic rings. The van der Waals surface area contributed by atoms with Crippen LogP contribution in [0.4, 0.5) is 11.4 Å². The van der Waals surface area contributed by atoms with E-state index in [1.54, 1.807) is 20.9 Å². The van der Waals surface area contributed by atoms with E-state index >= 15 is 0 Å². The minimum atomic E-state index is -0.150. The highest BCUT2D eigenvalue weighted by molar-refractivity contribution is 6.15. The van der Waals surface area contributed by atoms with Gasteiger partial charge in [0.2, 0.25) is 11.8 Å². The quantitative estimate of drug-likeness (QED) is 0.132. The molecule has 0 unspecified atom stereocenters. The highest BCUT2D eigenvalue weighted by atomic mass is 16.5. The van der Waals surface area contributed by atoms with Crippen molar-refractivity contribution in [2.75, 3.05) is 36.0 Å². The molecule has 0 atom stereocenters. The number of hydrogen-bond donors (Lipinski definition) is 1. The maximum Gasteiger partial charge on any atom is 0.258 e. The summed E-state index contributed by atoms with van der Waals surface area (Å²) in [6.45, 7) is 8.86. The van der Waals surface area contributed by atoms with E-state index in [1.165, 1.54) is 18.4 Å². The number of amides is 4. The molecule has 11 nitrogen and oxygen atoms in total. The lowest BCUT2D eigenvalue weighted by molar-refractivity contribution is -0.131. The highest BCUT2D eigenvalue weighted by Crippen LogP contribution is 2.40. The average molecular weight is 755 g/mol. The Morgan fingerprint density at radius 2 is 1.49 bits per heavy atom. The second kappa shape index (κ2) is 13.3. The van der Waals surface area contributed by atoms with Crippen LogP contribution in [0.5, 0.6) is 5.75 Å². The number of aromatic nitrogens is 2. The first-order valence-electron chi connectivity index (χ1n) is 19.1. The van der Waals surface area contributed by atoms with Gasteiger partial charge in [-0.1, -0.05) is 61.2 Å². The minimum absolute atomic E-state index is 0.0191. The van der Waals surface area contributed by atoms with Gasteiger partial charge in [-0.2, -0.15) is 5.10 Å². The number of nitrogens with zero attached hydrogens (tertiary/aromatic N) is 5. The van der Waals surface area contributed by atoms with Gasteiger partial charge in [0.25, 0.3) is 11.8 Å². The number of carbonyl (C=O) groups excluding carboxylic acids is 4. The van der Waals surface area contributed by atoms with E-state index in [0.29, 0.717) is 56.1 Å².